The molecule has 0 radical (unpaired) electrons. The first kappa shape index (κ1) is 10.5. The third-order valence-corrected chi connectivity index (χ3v) is 3.31. The maximum atomic E-state index is 10.8. The second-order valence-electron chi connectivity index (χ2n) is 3.33. The van der Waals surface area contributed by atoms with Gasteiger partial charge in [-0.1, -0.05) is 12.1 Å². The van der Waals surface area contributed by atoms with Gasteiger partial charge < -0.3 is 16.6 Å². The number of carboxylic acids is 1. The molecule has 5 N–H and O–H groups in total. The zero-order valence-corrected chi connectivity index (χ0v) is 9.12. The molecule has 0 saturated heterocycles. The minimum atomic E-state index is -1.00. The van der Waals surface area contributed by atoms with Crippen LogP contribution in [0.3, 0.4) is 0 Å². The van der Waals surface area contributed by atoms with Crippen LogP contribution in [-0.2, 0) is 0 Å². The molecule has 2 aromatic rings. The van der Waals surface area contributed by atoms with Gasteiger partial charge >= 0.3 is 5.97 Å². The van der Waals surface area contributed by atoms with Crippen LogP contribution in [0.4, 0.5) is 11.4 Å². The summed E-state index contributed by atoms with van der Waals surface area (Å²) in [5.41, 5.74) is 13.1. The number of thiophene rings is 1. The van der Waals surface area contributed by atoms with Crippen molar-refractivity contribution in [2.45, 2.75) is 0 Å². The summed E-state index contributed by atoms with van der Waals surface area (Å²) in [6.07, 6.45) is 0. The first-order valence-electron chi connectivity index (χ1n) is 4.56. The van der Waals surface area contributed by atoms with Crippen LogP contribution in [0, 0.1) is 0 Å². The molecule has 0 amide bonds. The van der Waals surface area contributed by atoms with Crippen LogP contribution in [0.1, 0.15) is 9.67 Å². The largest absolute Gasteiger partial charge is 0.477 e. The van der Waals surface area contributed by atoms with Gasteiger partial charge in [-0.15, -0.1) is 11.3 Å². The fraction of sp³-hybridized carbons (Fsp3) is 0. The number of anilines is 2. The van der Waals surface area contributed by atoms with Crippen molar-refractivity contribution in [2.24, 2.45) is 0 Å². The van der Waals surface area contributed by atoms with Gasteiger partial charge in [0.1, 0.15) is 4.88 Å². The molecule has 0 atom stereocenters. The predicted octanol–water partition coefficient (Wildman–Crippen LogP) is 2.28. The molecular weight excluding hydrogens is 224 g/mol. The van der Waals surface area contributed by atoms with Crippen molar-refractivity contribution in [2.75, 3.05) is 11.5 Å². The maximum Gasteiger partial charge on any atom is 0.348 e. The maximum absolute atomic E-state index is 10.8. The highest BCUT2D eigenvalue weighted by Gasteiger charge is 2.13. The highest BCUT2D eigenvalue weighted by molar-refractivity contribution is 7.17. The van der Waals surface area contributed by atoms with E-state index in [0.29, 0.717) is 5.69 Å². The molecule has 1 aromatic carbocycles. The second kappa shape index (κ2) is 3.86. The fourth-order valence-electron chi connectivity index (χ4n) is 1.41. The predicted molar refractivity (Wildman–Crippen MR) is 65.5 cm³/mol. The van der Waals surface area contributed by atoms with Crippen molar-refractivity contribution < 1.29 is 9.90 Å². The summed E-state index contributed by atoms with van der Waals surface area (Å²) in [6.45, 7) is 0. The Kier molecular flexibility index (Phi) is 2.54. The van der Waals surface area contributed by atoms with Crippen molar-refractivity contribution in [3.05, 3.63) is 35.2 Å². The van der Waals surface area contributed by atoms with Gasteiger partial charge in [0, 0.05) is 10.6 Å². The Labute approximate surface area is 96.1 Å². The van der Waals surface area contributed by atoms with E-state index >= 15 is 0 Å². The highest BCUT2D eigenvalue weighted by Crippen LogP contribution is 2.33. The monoisotopic (exact) mass is 234 g/mol. The number of nitrogen functional groups attached to an aromatic ring is 2. The van der Waals surface area contributed by atoms with E-state index in [9.17, 15) is 4.79 Å². The molecule has 0 bridgehead atoms. The molecule has 82 valence electrons. The standard InChI is InChI=1S/C11H10N2O2S/c12-7-3-1-2-6(4-7)9-5-8(13)10(16-9)11(14)15/h1-5H,12-13H2,(H,14,15). The minimum absolute atomic E-state index is 0.164. The summed E-state index contributed by atoms with van der Waals surface area (Å²) in [7, 11) is 0. The van der Waals surface area contributed by atoms with Crippen LogP contribution in [0.5, 0.6) is 0 Å². The molecule has 4 nitrogen and oxygen atoms in total. The van der Waals surface area contributed by atoms with Crippen LogP contribution in [0.25, 0.3) is 10.4 Å². The first-order chi connectivity index (χ1) is 7.58. The molecule has 1 aromatic heterocycles. The molecule has 0 aliphatic carbocycles. The van der Waals surface area contributed by atoms with E-state index in [1.807, 2.05) is 12.1 Å². The normalized spacial score (nSPS) is 10.2. The van der Waals surface area contributed by atoms with Crippen LogP contribution >= 0.6 is 11.3 Å². The van der Waals surface area contributed by atoms with E-state index in [0.717, 1.165) is 21.8 Å². The third-order valence-electron chi connectivity index (χ3n) is 2.13. The molecule has 0 aliphatic rings. The summed E-state index contributed by atoms with van der Waals surface area (Å²) < 4.78 is 0. The third kappa shape index (κ3) is 1.85. The van der Waals surface area contributed by atoms with Crippen molar-refractivity contribution in [3.63, 3.8) is 0 Å². The lowest BCUT2D eigenvalue weighted by Gasteiger charge is -1.97. The zero-order valence-electron chi connectivity index (χ0n) is 8.31. The lowest BCUT2D eigenvalue weighted by molar-refractivity contribution is 0.0703. The molecule has 0 unspecified atom stereocenters. The van der Waals surface area contributed by atoms with Gasteiger partial charge in [0.15, 0.2) is 0 Å². The number of carboxylic acid groups (broad SMARTS) is 1. The van der Waals surface area contributed by atoms with Crippen LogP contribution in [-0.4, -0.2) is 11.1 Å². The molecule has 1 heterocycles. The number of rotatable bonds is 2. The van der Waals surface area contributed by atoms with Gasteiger partial charge in [-0.2, -0.15) is 0 Å². The average Bonchev–Trinajstić information content (AvgIpc) is 2.60. The Hall–Kier alpha value is -2.01. The van der Waals surface area contributed by atoms with Crippen molar-refractivity contribution in [1.29, 1.82) is 0 Å². The summed E-state index contributed by atoms with van der Waals surface area (Å²) in [6, 6.07) is 8.91. The van der Waals surface area contributed by atoms with Gasteiger partial charge in [-0.05, 0) is 23.8 Å². The number of aromatic carboxylic acids is 1. The molecule has 5 heteroatoms. The SMILES string of the molecule is Nc1cccc(-c2cc(N)c(C(=O)O)s2)c1. The van der Waals surface area contributed by atoms with E-state index in [2.05, 4.69) is 0 Å². The zero-order chi connectivity index (χ0) is 11.7. The van der Waals surface area contributed by atoms with E-state index in [1.54, 1.807) is 18.2 Å². The van der Waals surface area contributed by atoms with E-state index in [-0.39, 0.29) is 10.6 Å². The Morgan fingerprint density at radius 3 is 2.56 bits per heavy atom. The van der Waals surface area contributed by atoms with Crippen LogP contribution in [0.15, 0.2) is 30.3 Å². The van der Waals surface area contributed by atoms with Crippen LogP contribution in [0.2, 0.25) is 0 Å². The van der Waals surface area contributed by atoms with Gasteiger partial charge in [-0.3, -0.25) is 0 Å². The molecule has 0 saturated carbocycles. The summed E-state index contributed by atoms with van der Waals surface area (Å²) in [4.78, 5) is 11.8. The van der Waals surface area contributed by atoms with Gasteiger partial charge in [0.25, 0.3) is 0 Å². The van der Waals surface area contributed by atoms with Crippen molar-refractivity contribution in [3.8, 4) is 10.4 Å². The Morgan fingerprint density at radius 2 is 2.00 bits per heavy atom. The molecular formula is C11H10N2O2S. The Bertz CT molecular complexity index is 549. The van der Waals surface area contributed by atoms with E-state index < -0.39 is 5.97 Å². The average molecular weight is 234 g/mol. The summed E-state index contributed by atoms with van der Waals surface area (Å²) in [5.74, 6) is -1.00. The van der Waals surface area contributed by atoms with Gasteiger partial charge in [0.2, 0.25) is 0 Å². The fourth-order valence-corrected chi connectivity index (χ4v) is 2.32. The van der Waals surface area contributed by atoms with Gasteiger partial charge in [0.05, 0.1) is 5.69 Å². The number of nitrogens with two attached hydrogens (primary N) is 2. The summed E-state index contributed by atoms with van der Waals surface area (Å²) >= 11 is 1.15. The quantitative estimate of drug-likeness (QED) is 0.695. The molecule has 2 rings (SSSR count). The number of carbonyl (C=O) groups is 1. The molecule has 0 spiro atoms. The molecule has 0 fully saturated rings. The topological polar surface area (TPSA) is 89.3 Å². The van der Waals surface area contributed by atoms with E-state index in [1.165, 1.54) is 0 Å². The first-order valence-corrected chi connectivity index (χ1v) is 5.38. The lowest BCUT2D eigenvalue weighted by atomic mass is 10.1. The van der Waals surface area contributed by atoms with Crippen LogP contribution < -0.4 is 11.5 Å². The highest BCUT2D eigenvalue weighted by atomic mass is 32.1. The number of hydrogen-bond acceptors (Lipinski definition) is 4. The minimum Gasteiger partial charge on any atom is -0.477 e. The molecule has 0 aliphatic heterocycles. The lowest BCUT2D eigenvalue weighted by Crippen LogP contribution is -1.96. The number of benzene rings is 1. The Morgan fingerprint density at radius 1 is 1.25 bits per heavy atom. The number of hydrogen-bond donors (Lipinski definition) is 3. The van der Waals surface area contributed by atoms with Crippen molar-refractivity contribution in [1.82, 2.24) is 0 Å². The summed E-state index contributed by atoms with van der Waals surface area (Å²) in [5, 5.41) is 8.89. The second-order valence-corrected chi connectivity index (χ2v) is 4.38. The van der Waals surface area contributed by atoms with Gasteiger partial charge in [-0.25, -0.2) is 4.79 Å². The van der Waals surface area contributed by atoms with Crippen molar-refractivity contribution >= 4 is 28.7 Å². The molecule has 16 heavy (non-hydrogen) atoms. The Balaban J connectivity index is 2.49. The van der Waals surface area contributed by atoms with E-state index in [4.69, 9.17) is 16.6 Å². The smallest absolute Gasteiger partial charge is 0.348 e.